The molecule has 4 rings (SSSR count). The number of aromatic nitrogens is 4. The van der Waals surface area contributed by atoms with Crippen LogP contribution in [0.4, 0.5) is 18.9 Å². The van der Waals surface area contributed by atoms with Crippen molar-refractivity contribution in [2.24, 2.45) is 0 Å². The van der Waals surface area contributed by atoms with Gasteiger partial charge in [0.25, 0.3) is 0 Å². The van der Waals surface area contributed by atoms with Gasteiger partial charge < -0.3 is 5.32 Å². The largest absolute Gasteiger partial charge is 0.436 e. The number of rotatable bonds is 6. The van der Waals surface area contributed by atoms with E-state index in [2.05, 4.69) is 37.5 Å². The summed E-state index contributed by atoms with van der Waals surface area (Å²) in [6, 6.07) is 14.1. The zero-order valence-electron chi connectivity index (χ0n) is 17.0. The average molecular weight is 506 g/mol. The number of carbonyl (C=O) groups excluding carboxylic acids is 1. The maximum Gasteiger partial charge on any atom is 0.436 e. The Bertz CT molecular complexity index is 1270. The van der Waals surface area contributed by atoms with Crippen molar-refractivity contribution < 1.29 is 18.0 Å². The highest BCUT2D eigenvalue weighted by atomic mass is 79.9. The van der Waals surface area contributed by atoms with E-state index in [4.69, 9.17) is 0 Å². The van der Waals surface area contributed by atoms with Gasteiger partial charge in [0.1, 0.15) is 0 Å². The van der Waals surface area contributed by atoms with Gasteiger partial charge in [0.2, 0.25) is 5.91 Å². The number of alkyl halides is 3. The highest BCUT2D eigenvalue weighted by molar-refractivity contribution is 9.10. The molecule has 0 spiro atoms. The standard InChI is InChI=1S/C22H19BrF3N5O/c1-14-20(23)21(22(24,25)26)29-31(14)10-9-19(32)28-17-11-27-30(13-17)12-16-7-4-6-15-5-2-3-8-18(15)16/h2-8,11,13H,9-10,12H2,1H3,(H,28,32). The van der Waals surface area contributed by atoms with E-state index in [0.717, 1.165) is 16.3 Å². The number of hydrogen-bond donors (Lipinski definition) is 1. The van der Waals surface area contributed by atoms with Gasteiger partial charge in [-0.2, -0.15) is 23.4 Å². The van der Waals surface area contributed by atoms with Crippen molar-refractivity contribution >= 4 is 38.3 Å². The quantitative estimate of drug-likeness (QED) is 0.381. The van der Waals surface area contributed by atoms with Gasteiger partial charge in [0.15, 0.2) is 5.69 Å². The summed E-state index contributed by atoms with van der Waals surface area (Å²) in [6.45, 7) is 2.08. The van der Waals surface area contributed by atoms with Gasteiger partial charge in [-0.3, -0.25) is 14.2 Å². The zero-order chi connectivity index (χ0) is 22.9. The van der Waals surface area contributed by atoms with Crippen LogP contribution in [0.1, 0.15) is 23.4 Å². The van der Waals surface area contributed by atoms with Crippen LogP contribution in [-0.2, 0) is 24.1 Å². The smallest absolute Gasteiger partial charge is 0.323 e. The Morgan fingerprint density at radius 1 is 1.16 bits per heavy atom. The Labute approximate surface area is 190 Å². The van der Waals surface area contributed by atoms with Crippen LogP contribution in [0.15, 0.2) is 59.3 Å². The Morgan fingerprint density at radius 2 is 1.91 bits per heavy atom. The Kier molecular flexibility index (Phi) is 6.05. The van der Waals surface area contributed by atoms with Crippen LogP contribution in [0.3, 0.4) is 0 Å². The van der Waals surface area contributed by atoms with Crippen molar-refractivity contribution in [2.75, 3.05) is 5.32 Å². The van der Waals surface area contributed by atoms with Crippen molar-refractivity contribution in [1.29, 1.82) is 0 Å². The summed E-state index contributed by atoms with van der Waals surface area (Å²) in [5.74, 6) is -0.339. The maximum atomic E-state index is 13.0. The number of halogens is 4. The number of aryl methyl sites for hydroxylation is 1. The number of carbonyl (C=O) groups is 1. The summed E-state index contributed by atoms with van der Waals surface area (Å²) >= 11 is 2.93. The lowest BCUT2D eigenvalue weighted by Crippen LogP contribution is -2.16. The molecule has 0 radical (unpaired) electrons. The second kappa shape index (κ2) is 8.78. The number of fused-ring (bicyclic) bond motifs is 1. The molecule has 2 aromatic carbocycles. The van der Waals surface area contributed by atoms with Crippen LogP contribution in [0.25, 0.3) is 10.8 Å². The van der Waals surface area contributed by atoms with Crippen molar-refractivity contribution in [3.63, 3.8) is 0 Å². The van der Waals surface area contributed by atoms with E-state index in [9.17, 15) is 18.0 Å². The van der Waals surface area contributed by atoms with E-state index < -0.39 is 11.9 Å². The fourth-order valence-corrected chi connectivity index (χ4v) is 3.98. The lowest BCUT2D eigenvalue weighted by atomic mass is 10.0. The average Bonchev–Trinajstić information content (AvgIpc) is 3.31. The molecule has 0 atom stereocenters. The minimum atomic E-state index is -4.56. The van der Waals surface area contributed by atoms with Crippen molar-refractivity contribution in [1.82, 2.24) is 19.6 Å². The van der Waals surface area contributed by atoms with Crippen LogP contribution >= 0.6 is 15.9 Å². The molecule has 0 fully saturated rings. The molecule has 166 valence electrons. The molecule has 2 heterocycles. The Hall–Kier alpha value is -3.14. The van der Waals surface area contributed by atoms with Gasteiger partial charge in [0, 0.05) is 12.6 Å². The van der Waals surface area contributed by atoms with Crippen LogP contribution in [-0.4, -0.2) is 25.5 Å². The molecular formula is C22H19BrF3N5O. The van der Waals surface area contributed by atoms with Crippen LogP contribution in [0, 0.1) is 6.92 Å². The van der Waals surface area contributed by atoms with Crippen LogP contribution < -0.4 is 5.32 Å². The third-order valence-corrected chi connectivity index (χ3v) is 6.03. The topological polar surface area (TPSA) is 64.7 Å². The van der Waals surface area contributed by atoms with E-state index >= 15 is 0 Å². The molecule has 6 nitrogen and oxygen atoms in total. The second-order valence-corrected chi connectivity index (χ2v) is 8.12. The van der Waals surface area contributed by atoms with Crippen LogP contribution in [0.2, 0.25) is 0 Å². The summed E-state index contributed by atoms with van der Waals surface area (Å²) in [6.07, 6.45) is -1.33. The summed E-state index contributed by atoms with van der Waals surface area (Å²) in [7, 11) is 0. The first-order valence-corrected chi connectivity index (χ1v) is 10.6. The minimum Gasteiger partial charge on any atom is -0.323 e. The van der Waals surface area contributed by atoms with Gasteiger partial charge in [-0.05, 0) is 39.2 Å². The van der Waals surface area contributed by atoms with Crippen molar-refractivity contribution in [3.05, 3.63) is 76.3 Å². The lowest BCUT2D eigenvalue weighted by molar-refractivity contribution is -0.142. The van der Waals surface area contributed by atoms with Gasteiger partial charge in [-0.1, -0.05) is 42.5 Å². The summed E-state index contributed by atoms with van der Waals surface area (Å²) < 4.78 is 41.7. The summed E-state index contributed by atoms with van der Waals surface area (Å²) in [4.78, 5) is 12.3. The van der Waals surface area contributed by atoms with Gasteiger partial charge in [-0.25, -0.2) is 0 Å². The van der Waals surface area contributed by atoms with E-state index in [0.29, 0.717) is 17.9 Å². The number of hydrogen-bond acceptors (Lipinski definition) is 3. The Morgan fingerprint density at radius 3 is 2.66 bits per heavy atom. The van der Waals surface area contributed by atoms with Crippen molar-refractivity contribution in [3.8, 4) is 0 Å². The highest BCUT2D eigenvalue weighted by Crippen LogP contribution is 2.35. The molecule has 2 aromatic heterocycles. The molecule has 1 N–H and O–H groups in total. The third kappa shape index (κ3) is 4.69. The van der Waals surface area contributed by atoms with E-state index in [-0.39, 0.29) is 23.3 Å². The first-order valence-electron chi connectivity index (χ1n) is 9.81. The molecule has 0 aliphatic rings. The zero-order valence-corrected chi connectivity index (χ0v) is 18.6. The normalized spacial score (nSPS) is 11.8. The molecule has 4 aromatic rings. The number of nitrogens with one attached hydrogen (secondary N) is 1. The molecule has 0 saturated heterocycles. The second-order valence-electron chi connectivity index (χ2n) is 7.33. The predicted octanol–water partition coefficient (Wildman–Crippen LogP) is 5.40. The number of nitrogens with zero attached hydrogens (tertiary/aromatic N) is 4. The molecular weight excluding hydrogens is 487 g/mol. The predicted molar refractivity (Wildman–Crippen MR) is 118 cm³/mol. The molecule has 0 unspecified atom stereocenters. The van der Waals surface area contributed by atoms with Crippen LogP contribution in [0.5, 0.6) is 0 Å². The monoisotopic (exact) mass is 505 g/mol. The third-order valence-electron chi connectivity index (χ3n) is 5.08. The first-order chi connectivity index (χ1) is 15.2. The van der Waals surface area contributed by atoms with Gasteiger partial charge in [-0.15, -0.1) is 0 Å². The van der Waals surface area contributed by atoms with E-state index in [1.54, 1.807) is 17.1 Å². The fraction of sp³-hybridized carbons (Fsp3) is 0.227. The minimum absolute atomic E-state index is 0.0243. The number of anilines is 1. The van der Waals surface area contributed by atoms with Gasteiger partial charge in [0.05, 0.1) is 35.1 Å². The molecule has 0 saturated carbocycles. The first kappa shape index (κ1) is 22.1. The van der Waals surface area contributed by atoms with Gasteiger partial charge >= 0.3 is 6.18 Å². The molecule has 0 bridgehead atoms. The van der Waals surface area contributed by atoms with E-state index in [1.807, 2.05) is 36.4 Å². The molecule has 10 heteroatoms. The lowest BCUT2D eigenvalue weighted by Gasteiger charge is -2.07. The van der Waals surface area contributed by atoms with E-state index in [1.165, 1.54) is 11.6 Å². The van der Waals surface area contributed by atoms with Crippen molar-refractivity contribution in [2.45, 2.75) is 32.6 Å². The Balaban J connectivity index is 1.38. The fourth-order valence-electron chi connectivity index (χ4n) is 3.47. The number of amides is 1. The molecule has 0 aliphatic carbocycles. The summed E-state index contributed by atoms with van der Waals surface area (Å²) in [5.41, 5.74) is 0.937. The molecule has 32 heavy (non-hydrogen) atoms. The molecule has 0 aliphatic heterocycles. The maximum absolute atomic E-state index is 13.0. The molecule has 1 amide bonds. The SMILES string of the molecule is Cc1c(Br)c(C(F)(F)F)nn1CCC(=O)Nc1cnn(Cc2cccc3ccccc23)c1. The highest BCUT2D eigenvalue weighted by Gasteiger charge is 2.37. The number of benzene rings is 2. The summed E-state index contributed by atoms with van der Waals surface area (Å²) in [5, 5.41) is 12.9.